The first-order valence-electron chi connectivity index (χ1n) is 1.93. The molecule has 0 aliphatic carbocycles. The molecule has 0 atom stereocenters. The van der Waals surface area contributed by atoms with Gasteiger partial charge in [-0.3, -0.25) is 4.79 Å². The summed E-state index contributed by atoms with van der Waals surface area (Å²) >= 11 is 0. The third-order valence-electron chi connectivity index (χ3n) is 0.476. The van der Waals surface area contributed by atoms with Crippen molar-refractivity contribution in [3.05, 3.63) is 0 Å². The maximum Gasteiger partial charge on any atom is 0.303 e. The number of halogens is 2. The van der Waals surface area contributed by atoms with Crippen LogP contribution in [0.4, 0.5) is 0 Å². The molecule has 0 unspecified atom stereocenters. The van der Waals surface area contributed by atoms with Crippen molar-refractivity contribution < 1.29 is 14.7 Å². The molecule has 9 heavy (non-hydrogen) atoms. The highest BCUT2D eigenvalue weighted by atomic mass is 35.5. The number of rotatable bonds is 3. The molecule has 0 saturated heterocycles. The Bertz CT molecular complexity index is 83.9. The van der Waals surface area contributed by atoms with Gasteiger partial charge in [0.05, 0.1) is 6.42 Å². The Morgan fingerprint density at radius 3 is 2.00 bits per heavy atom. The van der Waals surface area contributed by atoms with E-state index in [0.29, 0.717) is 6.29 Å². The number of hydrogen-bond acceptors (Lipinski definition) is 2. The third-order valence-corrected chi connectivity index (χ3v) is 0.476. The molecule has 0 radical (unpaired) electrons. The number of aliphatic carboxylic acids is 1. The van der Waals surface area contributed by atoms with Gasteiger partial charge in [0.2, 0.25) is 0 Å². The van der Waals surface area contributed by atoms with Gasteiger partial charge in [0, 0.05) is 6.42 Å². The largest absolute Gasteiger partial charge is 0.481 e. The van der Waals surface area contributed by atoms with E-state index in [0.717, 1.165) is 0 Å². The smallest absolute Gasteiger partial charge is 0.303 e. The highest BCUT2D eigenvalue weighted by molar-refractivity contribution is 5.85. The van der Waals surface area contributed by atoms with Crippen LogP contribution in [0.1, 0.15) is 12.8 Å². The summed E-state index contributed by atoms with van der Waals surface area (Å²) in [4.78, 5) is 19.0. The van der Waals surface area contributed by atoms with Crippen molar-refractivity contribution in [3.63, 3.8) is 0 Å². The van der Waals surface area contributed by atoms with Crippen LogP contribution in [-0.2, 0) is 9.59 Å². The zero-order valence-corrected chi connectivity index (χ0v) is 6.20. The molecule has 0 fully saturated rings. The maximum absolute atomic E-state index is 9.60. The van der Waals surface area contributed by atoms with E-state index in [9.17, 15) is 9.59 Å². The number of carbonyl (C=O) groups excluding carboxylic acids is 1. The molecule has 5 heteroatoms. The van der Waals surface area contributed by atoms with Gasteiger partial charge in [0.1, 0.15) is 6.29 Å². The van der Waals surface area contributed by atoms with Crippen molar-refractivity contribution in [2.75, 3.05) is 0 Å². The van der Waals surface area contributed by atoms with E-state index in [-0.39, 0.29) is 37.7 Å². The summed E-state index contributed by atoms with van der Waals surface area (Å²) in [6.45, 7) is 0. The molecule has 0 amide bonds. The van der Waals surface area contributed by atoms with E-state index in [1.165, 1.54) is 0 Å². The average Bonchev–Trinajstić information content (AvgIpc) is 1.61. The van der Waals surface area contributed by atoms with Crippen molar-refractivity contribution in [1.29, 1.82) is 0 Å². The predicted octanol–water partition coefficient (Wildman–Crippen LogP) is 0.894. The van der Waals surface area contributed by atoms with Gasteiger partial charge >= 0.3 is 5.97 Å². The average molecular weight is 175 g/mol. The van der Waals surface area contributed by atoms with Gasteiger partial charge in [-0.25, -0.2) is 0 Å². The first-order chi connectivity index (χ1) is 3.27. The molecule has 0 aromatic heterocycles. The van der Waals surface area contributed by atoms with Crippen molar-refractivity contribution >= 4 is 37.1 Å². The number of carbonyl (C=O) groups is 2. The maximum atomic E-state index is 9.60. The summed E-state index contributed by atoms with van der Waals surface area (Å²) in [5.74, 6) is -0.924. The number of aldehydes is 1. The van der Waals surface area contributed by atoms with Gasteiger partial charge < -0.3 is 9.90 Å². The Hall–Kier alpha value is -0.280. The zero-order chi connectivity index (χ0) is 5.70. The van der Waals surface area contributed by atoms with Gasteiger partial charge in [-0.2, -0.15) is 0 Å². The minimum absolute atomic E-state index is 0. The van der Waals surface area contributed by atoms with Gasteiger partial charge in [-0.1, -0.05) is 0 Å². The Kier molecular flexibility index (Phi) is 18.8. The van der Waals surface area contributed by atoms with E-state index in [4.69, 9.17) is 5.11 Å². The molecule has 0 aromatic rings. The van der Waals surface area contributed by atoms with Crippen LogP contribution in [-0.4, -0.2) is 17.4 Å². The number of carboxylic acid groups (broad SMARTS) is 1. The minimum atomic E-state index is -0.924. The van der Waals surface area contributed by atoms with Crippen molar-refractivity contribution in [3.8, 4) is 0 Å². The van der Waals surface area contributed by atoms with Crippen LogP contribution < -0.4 is 0 Å². The fraction of sp³-hybridized carbons (Fsp3) is 0.500. The molecule has 0 aliphatic heterocycles. The molecular weight excluding hydrogens is 167 g/mol. The standard InChI is InChI=1S/C4H6O3.2ClH/c5-3-1-2-4(6)7;;/h3H,1-2H2,(H,6,7);2*1H. The molecule has 0 bridgehead atoms. The summed E-state index contributed by atoms with van der Waals surface area (Å²) in [6, 6.07) is 0. The molecule has 0 saturated carbocycles. The molecule has 0 aromatic carbocycles. The second kappa shape index (κ2) is 10.7. The van der Waals surface area contributed by atoms with Crippen molar-refractivity contribution in [2.24, 2.45) is 0 Å². The molecular formula is C4H8Cl2O3. The molecule has 0 aliphatic rings. The molecule has 0 rings (SSSR count). The van der Waals surface area contributed by atoms with E-state index in [1.54, 1.807) is 0 Å². The lowest BCUT2D eigenvalue weighted by atomic mass is 10.3. The first-order valence-corrected chi connectivity index (χ1v) is 1.93. The topological polar surface area (TPSA) is 54.4 Å². The lowest BCUT2D eigenvalue weighted by molar-refractivity contribution is -0.137. The van der Waals surface area contributed by atoms with Crippen LogP contribution >= 0.6 is 24.8 Å². The predicted molar refractivity (Wildman–Crippen MR) is 37.4 cm³/mol. The van der Waals surface area contributed by atoms with E-state index in [2.05, 4.69) is 0 Å². The van der Waals surface area contributed by atoms with Crippen LogP contribution in [0.25, 0.3) is 0 Å². The summed E-state index contributed by atoms with van der Waals surface area (Å²) in [5, 5.41) is 7.89. The summed E-state index contributed by atoms with van der Waals surface area (Å²) in [7, 11) is 0. The molecule has 56 valence electrons. The van der Waals surface area contributed by atoms with Gasteiger partial charge in [-0.15, -0.1) is 24.8 Å². The van der Waals surface area contributed by atoms with Crippen LogP contribution in [0.5, 0.6) is 0 Å². The highest BCUT2D eigenvalue weighted by Gasteiger charge is 1.91. The van der Waals surface area contributed by atoms with E-state index >= 15 is 0 Å². The Labute approximate surface area is 65.3 Å². The van der Waals surface area contributed by atoms with Crippen molar-refractivity contribution in [2.45, 2.75) is 12.8 Å². The lowest BCUT2D eigenvalue weighted by Gasteiger charge is -1.79. The molecule has 0 heterocycles. The fourth-order valence-corrected chi connectivity index (χ4v) is 0.182. The van der Waals surface area contributed by atoms with Crippen LogP contribution in [0, 0.1) is 0 Å². The lowest BCUT2D eigenvalue weighted by Crippen LogP contribution is -1.93. The summed E-state index contributed by atoms with van der Waals surface area (Å²) in [5.41, 5.74) is 0. The number of hydrogen-bond donors (Lipinski definition) is 1. The second-order valence-electron chi connectivity index (χ2n) is 1.10. The van der Waals surface area contributed by atoms with Gasteiger partial charge in [0.15, 0.2) is 0 Å². The molecule has 1 N–H and O–H groups in total. The fourth-order valence-electron chi connectivity index (χ4n) is 0.182. The first kappa shape index (κ1) is 15.9. The van der Waals surface area contributed by atoms with E-state index < -0.39 is 5.97 Å². The normalized spacial score (nSPS) is 6.22. The third kappa shape index (κ3) is 18.3. The number of carboxylic acids is 1. The van der Waals surface area contributed by atoms with Crippen molar-refractivity contribution in [1.82, 2.24) is 0 Å². The Morgan fingerprint density at radius 1 is 1.44 bits per heavy atom. The summed E-state index contributed by atoms with van der Waals surface area (Å²) in [6.07, 6.45) is 0.660. The van der Waals surface area contributed by atoms with Gasteiger partial charge in [-0.05, 0) is 0 Å². The summed E-state index contributed by atoms with van der Waals surface area (Å²) < 4.78 is 0. The van der Waals surface area contributed by atoms with E-state index in [1.807, 2.05) is 0 Å². The monoisotopic (exact) mass is 174 g/mol. The second-order valence-corrected chi connectivity index (χ2v) is 1.10. The zero-order valence-electron chi connectivity index (χ0n) is 4.57. The van der Waals surface area contributed by atoms with Crippen LogP contribution in [0.3, 0.4) is 0 Å². The quantitative estimate of drug-likeness (QED) is 0.648. The Balaban J connectivity index is -0.000000180. The minimum Gasteiger partial charge on any atom is -0.481 e. The van der Waals surface area contributed by atoms with Crippen LogP contribution in [0.2, 0.25) is 0 Å². The molecule has 0 spiro atoms. The molecule has 3 nitrogen and oxygen atoms in total. The van der Waals surface area contributed by atoms with Gasteiger partial charge in [0.25, 0.3) is 0 Å². The SMILES string of the molecule is Cl.Cl.O=CCCC(=O)O. The Morgan fingerprint density at radius 2 is 1.89 bits per heavy atom. The highest BCUT2D eigenvalue weighted by Crippen LogP contribution is 1.80. The van der Waals surface area contributed by atoms with Crippen LogP contribution in [0.15, 0.2) is 0 Å².